The normalized spacial score (nSPS) is 16.3. The Morgan fingerprint density at radius 3 is 1.98 bits per heavy atom. The molecule has 6 heteroatoms. The van der Waals surface area contributed by atoms with Crippen molar-refractivity contribution in [2.24, 2.45) is 9.98 Å². The van der Waals surface area contributed by atoms with Gasteiger partial charge in [-0.3, -0.25) is 0 Å². The van der Waals surface area contributed by atoms with Gasteiger partial charge >= 0.3 is 0 Å². The Hall–Kier alpha value is -6.92. The molecule has 0 bridgehead atoms. The van der Waals surface area contributed by atoms with Gasteiger partial charge in [0.05, 0.1) is 11.4 Å². The molecule has 0 fully saturated rings. The number of amidine groups is 2. The molecule has 0 aliphatic carbocycles. The molecule has 0 saturated carbocycles. The van der Waals surface area contributed by atoms with Gasteiger partial charge in [0.25, 0.3) is 0 Å². The van der Waals surface area contributed by atoms with Crippen molar-refractivity contribution in [2.45, 2.75) is 32.1 Å². The van der Waals surface area contributed by atoms with Gasteiger partial charge < -0.3 is 20.0 Å². The molecule has 10 rings (SSSR count). The second kappa shape index (κ2) is 13.8. The van der Waals surface area contributed by atoms with Crippen molar-refractivity contribution in [3.8, 4) is 22.3 Å². The number of fused-ring (bicyclic) bond motifs is 4. The first-order valence-electron chi connectivity index (χ1n) is 19.0. The third-order valence-electron chi connectivity index (χ3n) is 10.7. The number of anilines is 3. The van der Waals surface area contributed by atoms with Gasteiger partial charge in [0.2, 0.25) is 0 Å². The zero-order valence-corrected chi connectivity index (χ0v) is 30.5. The first kappa shape index (κ1) is 32.7. The first-order valence-corrected chi connectivity index (χ1v) is 19.0. The van der Waals surface area contributed by atoms with E-state index in [1.165, 1.54) is 28.2 Å². The Labute approximate surface area is 320 Å². The average molecular weight is 714 g/mol. The summed E-state index contributed by atoms with van der Waals surface area (Å²) in [6.45, 7) is 2.24. The van der Waals surface area contributed by atoms with Crippen molar-refractivity contribution in [3.63, 3.8) is 0 Å². The van der Waals surface area contributed by atoms with E-state index in [1.54, 1.807) is 0 Å². The Morgan fingerprint density at radius 1 is 0.545 bits per heavy atom. The maximum atomic E-state index is 6.24. The largest absolute Gasteiger partial charge is 0.456 e. The van der Waals surface area contributed by atoms with Crippen LogP contribution in [0.3, 0.4) is 0 Å². The van der Waals surface area contributed by atoms with Gasteiger partial charge in [0.15, 0.2) is 6.17 Å². The van der Waals surface area contributed by atoms with Crippen molar-refractivity contribution >= 4 is 50.7 Å². The lowest BCUT2D eigenvalue weighted by Gasteiger charge is -2.27. The number of aliphatic imine (C=N–C) groups is 2. The van der Waals surface area contributed by atoms with E-state index in [-0.39, 0.29) is 6.17 Å². The highest BCUT2D eigenvalue weighted by atomic mass is 16.3. The molecule has 7 aromatic carbocycles. The fourth-order valence-corrected chi connectivity index (χ4v) is 7.92. The molecule has 1 aromatic heterocycles. The summed E-state index contributed by atoms with van der Waals surface area (Å²) in [5.41, 5.74) is 13.0. The highest BCUT2D eigenvalue weighted by Gasteiger charge is 2.29. The van der Waals surface area contributed by atoms with E-state index in [0.29, 0.717) is 0 Å². The van der Waals surface area contributed by atoms with Crippen LogP contribution in [0.15, 0.2) is 184 Å². The van der Waals surface area contributed by atoms with Crippen molar-refractivity contribution in [1.29, 1.82) is 0 Å². The number of nitrogens with one attached hydrogen (secondary N) is 2. The van der Waals surface area contributed by atoms with Gasteiger partial charge in [-0.25, -0.2) is 9.98 Å². The fraction of sp³-hybridized carbons (Fsp3) is 0.102. The quantitative estimate of drug-likeness (QED) is 0.165. The zero-order chi connectivity index (χ0) is 36.7. The molecule has 3 heterocycles. The number of nitrogens with zero attached hydrogens (tertiary/aromatic N) is 3. The minimum Gasteiger partial charge on any atom is -0.456 e. The molecule has 266 valence electrons. The van der Waals surface area contributed by atoms with Crippen LogP contribution >= 0.6 is 0 Å². The van der Waals surface area contributed by atoms with Crippen LogP contribution in [0.2, 0.25) is 0 Å². The van der Waals surface area contributed by atoms with E-state index < -0.39 is 6.17 Å². The van der Waals surface area contributed by atoms with E-state index in [4.69, 9.17) is 14.4 Å². The summed E-state index contributed by atoms with van der Waals surface area (Å²) >= 11 is 0. The summed E-state index contributed by atoms with van der Waals surface area (Å²) in [6, 6.07) is 59.6. The highest BCUT2D eigenvalue weighted by molar-refractivity contribution is 6.17. The zero-order valence-electron chi connectivity index (χ0n) is 30.5. The average Bonchev–Trinajstić information content (AvgIpc) is 3.82. The summed E-state index contributed by atoms with van der Waals surface area (Å²) < 4.78 is 6.24. The van der Waals surface area contributed by atoms with Crippen LogP contribution in [0.1, 0.15) is 42.6 Å². The lowest BCUT2D eigenvalue weighted by Crippen LogP contribution is -2.36. The predicted octanol–water partition coefficient (Wildman–Crippen LogP) is 12.1. The Bertz CT molecular complexity index is 2730. The van der Waals surface area contributed by atoms with Gasteiger partial charge in [-0.1, -0.05) is 135 Å². The molecule has 6 nitrogen and oxygen atoms in total. The lowest BCUT2D eigenvalue weighted by molar-refractivity contribution is 0.666. The molecule has 2 aliphatic rings. The van der Waals surface area contributed by atoms with E-state index in [1.807, 2.05) is 36.4 Å². The number of furan rings is 1. The molecule has 0 amide bonds. The van der Waals surface area contributed by atoms with Crippen LogP contribution in [-0.4, -0.2) is 17.8 Å². The second-order valence-corrected chi connectivity index (χ2v) is 14.2. The van der Waals surface area contributed by atoms with Crippen molar-refractivity contribution in [2.75, 3.05) is 10.2 Å². The Morgan fingerprint density at radius 2 is 1.18 bits per heavy atom. The molecule has 8 aromatic rings. The van der Waals surface area contributed by atoms with E-state index >= 15 is 0 Å². The fourth-order valence-electron chi connectivity index (χ4n) is 7.92. The van der Waals surface area contributed by atoms with Crippen molar-refractivity contribution < 1.29 is 4.42 Å². The molecule has 0 spiro atoms. The third-order valence-corrected chi connectivity index (χ3v) is 10.7. The summed E-state index contributed by atoms with van der Waals surface area (Å²) in [6.07, 6.45) is 2.02. The number of para-hydroxylation sites is 3. The number of hydrogen-bond acceptors (Lipinski definition) is 6. The van der Waals surface area contributed by atoms with Gasteiger partial charge in [0, 0.05) is 27.6 Å². The van der Waals surface area contributed by atoms with Gasteiger partial charge in [-0.15, -0.1) is 0 Å². The van der Waals surface area contributed by atoms with Crippen molar-refractivity contribution in [3.05, 3.63) is 187 Å². The summed E-state index contributed by atoms with van der Waals surface area (Å²) in [4.78, 5) is 12.7. The van der Waals surface area contributed by atoms with Crippen LogP contribution in [0.25, 0.3) is 44.2 Å². The van der Waals surface area contributed by atoms with Crippen LogP contribution < -0.4 is 15.5 Å². The third kappa shape index (κ3) is 6.12. The molecule has 2 unspecified atom stereocenters. The van der Waals surface area contributed by atoms with E-state index in [9.17, 15) is 0 Å². The molecule has 2 atom stereocenters. The summed E-state index contributed by atoms with van der Waals surface area (Å²) in [5.74, 6) is 1.54. The maximum Gasteiger partial charge on any atom is 0.169 e. The molecule has 2 N–H and O–H groups in total. The number of rotatable bonds is 8. The van der Waals surface area contributed by atoms with Gasteiger partial charge in [-0.05, 0) is 82.8 Å². The van der Waals surface area contributed by atoms with Crippen LogP contribution in [0, 0.1) is 0 Å². The minimum absolute atomic E-state index is 0.258. The monoisotopic (exact) mass is 713 g/mol. The lowest BCUT2D eigenvalue weighted by atomic mass is 9.98. The smallest absolute Gasteiger partial charge is 0.169 e. The topological polar surface area (TPSA) is 65.2 Å². The molecule has 2 aliphatic heterocycles. The Balaban J connectivity index is 0.937. The molecule has 0 saturated heterocycles. The van der Waals surface area contributed by atoms with Crippen LogP contribution in [0.4, 0.5) is 17.1 Å². The standard InChI is InChI=1S/C49H39N5O/c1-2-11-46-50-42-17-7-8-18-43(42)54(46)39-27-24-33(25-28-39)32-20-22-34(23-21-32)36-14-10-15-37(30-36)48-51-47(35-12-4-3-5-13-35)52-49(53-48)38-26-29-41-40-16-6-9-19-44(40)55-45(41)31-38/h3-10,12-31,46,48,50H,2,11H2,1H3,(H,51,52,53). The SMILES string of the molecule is CCCC1Nc2ccccc2N1c1ccc(-c2ccc(-c3cccc(C4N=C(c5ccccc5)NC(c5ccc6c(c5)oc5ccccc56)=N4)c3)cc2)cc1. The summed E-state index contributed by atoms with van der Waals surface area (Å²) in [5, 5.41) is 9.44. The van der Waals surface area contributed by atoms with Gasteiger partial charge in [0.1, 0.15) is 29.0 Å². The second-order valence-electron chi connectivity index (χ2n) is 14.2. The molecular weight excluding hydrogens is 675 g/mol. The first-order chi connectivity index (χ1) is 27.2. The Kier molecular flexibility index (Phi) is 8.21. The molecule has 0 radical (unpaired) electrons. The van der Waals surface area contributed by atoms with Gasteiger partial charge in [-0.2, -0.15) is 0 Å². The molecular formula is C49H39N5O. The van der Waals surface area contributed by atoms with Crippen molar-refractivity contribution in [1.82, 2.24) is 5.32 Å². The summed E-state index contributed by atoms with van der Waals surface area (Å²) in [7, 11) is 0. The number of benzene rings is 7. The highest BCUT2D eigenvalue weighted by Crippen LogP contribution is 2.41. The van der Waals surface area contributed by atoms with Crippen LogP contribution in [-0.2, 0) is 0 Å². The predicted molar refractivity (Wildman–Crippen MR) is 227 cm³/mol. The minimum atomic E-state index is -0.426. The number of hydrogen-bond donors (Lipinski definition) is 2. The molecule has 55 heavy (non-hydrogen) atoms. The van der Waals surface area contributed by atoms with Crippen LogP contribution in [0.5, 0.6) is 0 Å². The maximum absolute atomic E-state index is 6.24. The van der Waals surface area contributed by atoms with E-state index in [2.05, 4.69) is 156 Å². The van der Waals surface area contributed by atoms with E-state index in [0.717, 1.165) is 74.3 Å².